The Morgan fingerprint density at radius 1 is 1.10 bits per heavy atom. The van der Waals surface area contributed by atoms with E-state index < -0.39 is 16.9 Å². The van der Waals surface area contributed by atoms with Crippen LogP contribution in [0.4, 0.5) is 0 Å². The van der Waals surface area contributed by atoms with Gasteiger partial charge in [0, 0.05) is 13.7 Å². The van der Waals surface area contributed by atoms with E-state index in [-0.39, 0.29) is 0 Å². The molecule has 0 aliphatic heterocycles. The molecule has 1 aromatic rings. The van der Waals surface area contributed by atoms with Gasteiger partial charge >= 0.3 is 8.56 Å². The van der Waals surface area contributed by atoms with Crippen molar-refractivity contribution in [3.63, 3.8) is 0 Å². The average molecular weight is 309 g/mol. The molecule has 0 aliphatic carbocycles. The molecule has 1 atom stereocenters. The highest BCUT2D eigenvalue weighted by atomic mass is 28.4. The molecule has 0 bridgehead atoms. The first-order valence-electron chi connectivity index (χ1n) is 6.77. The predicted octanol–water partition coefficient (Wildman–Crippen LogP) is 2.54. The number of benzene rings is 1. The van der Waals surface area contributed by atoms with Crippen LogP contribution < -0.4 is 5.19 Å². The van der Waals surface area contributed by atoms with Gasteiger partial charge in [-0.2, -0.15) is 0 Å². The van der Waals surface area contributed by atoms with Gasteiger partial charge in [0.1, 0.15) is 0 Å². The van der Waals surface area contributed by atoms with Crippen molar-refractivity contribution < 1.29 is 13.3 Å². The Balaban J connectivity index is 2.71. The van der Waals surface area contributed by atoms with Crippen LogP contribution in [0.1, 0.15) is 12.5 Å². The van der Waals surface area contributed by atoms with Crippen LogP contribution in [0, 0.1) is 12.0 Å². The lowest BCUT2D eigenvalue weighted by atomic mass is 10.2. The predicted molar refractivity (Wildman–Crippen MR) is 87.4 cm³/mol. The molecule has 0 saturated heterocycles. The molecule has 1 aromatic carbocycles. The highest BCUT2D eigenvalue weighted by Crippen LogP contribution is 2.11. The van der Waals surface area contributed by atoms with Gasteiger partial charge in [-0.15, -0.1) is 6.42 Å². The van der Waals surface area contributed by atoms with Gasteiger partial charge in [-0.1, -0.05) is 29.8 Å². The Morgan fingerprint density at radius 2 is 1.70 bits per heavy atom. The Hall–Kier alpha value is -0.906. The molecule has 0 aliphatic rings. The SMILES string of the molecule is C#C[Si](C)(OC)OCc1ccc([Si](C)(C)OCC)cc1. The summed E-state index contributed by atoms with van der Waals surface area (Å²) in [6.45, 7) is 9.55. The molecule has 5 heteroatoms. The van der Waals surface area contributed by atoms with Crippen molar-refractivity contribution in [2.24, 2.45) is 0 Å². The highest BCUT2D eigenvalue weighted by Gasteiger charge is 2.28. The van der Waals surface area contributed by atoms with E-state index in [2.05, 4.69) is 42.9 Å². The monoisotopic (exact) mass is 308 g/mol. The van der Waals surface area contributed by atoms with Crippen molar-refractivity contribution in [1.82, 2.24) is 0 Å². The molecule has 3 nitrogen and oxygen atoms in total. The summed E-state index contributed by atoms with van der Waals surface area (Å²) in [4.78, 5) is 0. The fraction of sp³-hybridized carbons (Fsp3) is 0.467. The zero-order chi connectivity index (χ0) is 15.2. The van der Waals surface area contributed by atoms with Crippen LogP contribution in [-0.4, -0.2) is 30.6 Å². The highest BCUT2D eigenvalue weighted by molar-refractivity contribution is 6.84. The van der Waals surface area contributed by atoms with E-state index >= 15 is 0 Å². The van der Waals surface area contributed by atoms with Crippen LogP contribution in [-0.2, 0) is 19.9 Å². The van der Waals surface area contributed by atoms with E-state index in [1.54, 1.807) is 7.11 Å². The van der Waals surface area contributed by atoms with Crippen LogP contribution in [0.15, 0.2) is 24.3 Å². The van der Waals surface area contributed by atoms with Crippen LogP contribution in [0.25, 0.3) is 0 Å². The van der Waals surface area contributed by atoms with Crippen molar-refractivity contribution in [2.75, 3.05) is 13.7 Å². The number of terminal acetylenes is 1. The van der Waals surface area contributed by atoms with Crippen molar-refractivity contribution in [1.29, 1.82) is 0 Å². The van der Waals surface area contributed by atoms with E-state index in [1.807, 2.05) is 13.5 Å². The lowest BCUT2D eigenvalue weighted by molar-refractivity contribution is 0.209. The second-order valence-corrected chi connectivity index (χ2v) is 12.0. The summed E-state index contributed by atoms with van der Waals surface area (Å²) in [5.41, 5.74) is 3.73. The number of hydrogen-bond acceptors (Lipinski definition) is 3. The van der Waals surface area contributed by atoms with Crippen LogP contribution >= 0.6 is 0 Å². The Kier molecular flexibility index (Phi) is 6.17. The molecule has 0 amide bonds. The lowest BCUT2D eigenvalue weighted by Crippen LogP contribution is -2.44. The van der Waals surface area contributed by atoms with E-state index in [9.17, 15) is 0 Å². The van der Waals surface area contributed by atoms with Crippen molar-refractivity contribution >= 4 is 22.1 Å². The fourth-order valence-electron chi connectivity index (χ4n) is 1.83. The second kappa shape index (κ2) is 7.20. The van der Waals surface area contributed by atoms with E-state index in [0.717, 1.165) is 12.2 Å². The Bertz CT molecular complexity index is 465. The summed E-state index contributed by atoms with van der Waals surface area (Å²) < 4.78 is 16.9. The summed E-state index contributed by atoms with van der Waals surface area (Å²) >= 11 is 0. The minimum Gasteiger partial charge on any atom is -0.413 e. The Morgan fingerprint density at radius 3 is 2.15 bits per heavy atom. The van der Waals surface area contributed by atoms with Crippen LogP contribution in [0.3, 0.4) is 0 Å². The molecule has 1 unspecified atom stereocenters. The third-order valence-corrected chi connectivity index (χ3v) is 8.05. The molecular formula is C15H24O3Si2. The molecule has 0 aromatic heterocycles. The second-order valence-electron chi connectivity index (χ2n) is 5.22. The topological polar surface area (TPSA) is 27.7 Å². The molecule has 0 N–H and O–H groups in total. The zero-order valence-corrected chi connectivity index (χ0v) is 15.0. The quantitative estimate of drug-likeness (QED) is 0.572. The van der Waals surface area contributed by atoms with Gasteiger partial charge in [0.05, 0.1) is 6.61 Å². The molecular weight excluding hydrogens is 284 g/mol. The molecule has 0 fully saturated rings. The van der Waals surface area contributed by atoms with Gasteiger partial charge in [-0.3, -0.25) is 0 Å². The fourth-order valence-corrected chi connectivity index (χ4v) is 4.45. The minimum absolute atomic E-state index is 0.484. The summed E-state index contributed by atoms with van der Waals surface area (Å²) in [5.74, 6) is 0. The number of hydrogen-bond donors (Lipinski definition) is 0. The normalized spacial score (nSPS) is 14.6. The molecule has 0 spiro atoms. The first kappa shape index (κ1) is 17.1. The van der Waals surface area contributed by atoms with Gasteiger partial charge in [0.25, 0.3) is 0 Å². The van der Waals surface area contributed by atoms with Gasteiger partial charge in [0.2, 0.25) is 8.32 Å². The van der Waals surface area contributed by atoms with Gasteiger partial charge in [-0.25, -0.2) is 0 Å². The molecule has 110 valence electrons. The summed E-state index contributed by atoms with van der Waals surface area (Å²) in [6.07, 6.45) is 5.45. The molecule has 1 rings (SSSR count). The summed E-state index contributed by atoms with van der Waals surface area (Å²) in [7, 11) is -2.59. The molecule has 20 heavy (non-hydrogen) atoms. The first-order chi connectivity index (χ1) is 9.37. The number of rotatable bonds is 7. The molecule has 0 heterocycles. The lowest BCUT2D eigenvalue weighted by Gasteiger charge is -2.23. The Labute approximate surface area is 124 Å². The average Bonchev–Trinajstić information content (AvgIpc) is 2.45. The van der Waals surface area contributed by atoms with Crippen molar-refractivity contribution in [3.05, 3.63) is 29.8 Å². The zero-order valence-electron chi connectivity index (χ0n) is 13.0. The first-order valence-corrected chi connectivity index (χ1v) is 12.0. The van der Waals surface area contributed by atoms with Crippen molar-refractivity contribution in [2.45, 2.75) is 33.2 Å². The summed E-state index contributed by atoms with van der Waals surface area (Å²) in [5, 5.41) is 1.28. The maximum absolute atomic E-state index is 5.87. The largest absolute Gasteiger partial charge is 0.420 e. The van der Waals surface area contributed by atoms with E-state index in [1.165, 1.54) is 5.19 Å². The van der Waals surface area contributed by atoms with Crippen LogP contribution in [0.5, 0.6) is 0 Å². The van der Waals surface area contributed by atoms with Gasteiger partial charge in [-0.05, 0) is 37.3 Å². The third kappa shape index (κ3) is 4.58. The third-order valence-electron chi connectivity index (χ3n) is 3.32. The van der Waals surface area contributed by atoms with Gasteiger partial charge in [0.15, 0.2) is 0 Å². The minimum atomic E-state index is -2.43. The standard InChI is InChI=1S/C15H24O3Si2/c1-7-17-19(4,5)15-11-9-14(10-12-15)13-18-20(6,8-2)16-3/h2,9-12H,7,13H2,1,3-6H3. The molecule has 0 saturated carbocycles. The molecule has 0 radical (unpaired) electrons. The smallest absolute Gasteiger partial charge is 0.413 e. The van der Waals surface area contributed by atoms with Crippen LogP contribution in [0.2, 0.25) is 19.6 Å². The van der Waals surface area contributed by atoms with E-state index in [0.29, 0.717) is 6.61 Å². The van der Waals surface area contributed by atoms with E-state index in [4.69, 9.17) is 19.7 Å². The summed E-state index contributed by atoms with van der Waals surface area (Å²) in [6, 6.07) is 8.40. The maximum atomic E-state index is 5.87. The van der Waals surface area contributed by atoms with Gasteiger partial charge < -0.3 is 13.3 Å². The maximum Gasteiger partial charge on any atom is 0.420 e. The van der Waals surface area contributed by atoms with Crippen molar-refractivity contribution in [3.8, 4) is 12.0 Å².